The highest BCUT2D eigenvalue weighted by Gasteiger charge is 2.24. The molecular formula is C17H22ClN3O4S2. The van der Waals surface area contributed by atoms with E-state index in [0.717, 1.165) is 5.88 Å². The van der Waals surface area contributed by atoms with E-state index in [4.69, 9.17) is 4.74 Å². The topological polar surface area (TPSA) is 96.5 Å². The molecule has 0 spiro atoms. The van der Waals surface area contributed by atoms with Crippen molar-refractivity contribution >= 4 is 51.5 Å². The number of benzene rings is 2. The van der Waals surface area contributed by atoms with Crippen molar-refractivity contribution in [2.75, 3.05) is 28.8 Å². The van der Waals surface area contributed by atoms with Gasteiger partial charge in [0.15, 0.2) is 0 Å². The zero-order valence-electron chi connectivity index (χ0n) is 14.5. The number of nitrogens with one attached hydrogen (secondary N) is 3. The number of hydrogen-bond acceptors (Lipinski definition) is 6. The molecule has 0 bridgehead atoms. The van der Waals surface area contributed by atoms with E-state index in [9.17, 15) is 13.2 Å². The van der Waals surface area contributed by atoms with E-state index in [-0.39, 0.29) is 30.7 Å². The number of halogens is 1. The van der Waals surface area contributed by atoms with Crippen LogP contribution in [0.5, 0.6) is 5.75 Å². The molecule has 27 heavy (non-hydrogen) atoms. The van der Waals surface area contributed by atoms with E-state index in [0.29, 0.717) is 22.9 Å². The Balaban J connectivity index is 0.00000196. The number of anilines is 2. The third-order valence-corrected chi connectivity index (χ3v) is 6.15. The Hall–Kier alpha value is -1.94. The first-order valence-corrected chi connectivity index (χ1v) is 10.5. The summed E-state index contributed by atoms with van der Waals surface area (Å²) < 4.78 is 32.8. The first kappa shape index (κ1) is 21.4. The zero-order chi connectivity index (χ0) is 18.6. The zero-order valence-corrected chi connectivity index (χ0v) is 16.9. The number of carbonyl (C=O) groups is 1. The standard InChI is InChI=1S/C17H19N3O4S2.ClH.H2/c1-24-12-6-8-13(9-7-12)26(22,23)20-15-5-3-2-4-14(15)19-17(21)16-10-25-11-18-16;;/h2-9,16,18,20H,10-11H2,1H3,(H,19,21);2*1H. The molecule has 148 valence electrons. The second kappa shape index (κ2) is 9.32. The minimum absolute atomic E-state index is 0. The molecule has 0 saturated carbocycles. The summed E-state index contributed by atoms with van der Waals surface area (Å²) in [6.07, 6.45) is 0. The van der Waals surface area contributed by atoms with Crippen LogP contribution in [0, 0.1) is 0 Å². The molecule has 0 aromatic heterocycles. The van der Waals surface area contributed by atoms with Crippen molar-refractivity contribution in [3.8, 4) is 5.75 Å². The van der Waals surface area contributed by atoms with Crippen molar-refractivity contribution < 1.29 is 19.4 Å². The lowest BCUT2D eigenvalue weighted by Crippen LogP contribution is -2.37. The molecule has 1 aliphatic rings. The summed E-state index contributed by atoms with van der Waals surface area (Å²) in [5.74, 6) is 1.79. The van der Waals surface area contributed by atoms with E-state index >= 15 is 0 Å². The summed E-state index contributed by atoms with van der Waals surface area (Å²) in [6.45, 7) is 0. The highest BCUT2D eigenvalue weighted by atomic mass is 35.5. The molecule has 1 amide bonds. The average molecular weight is 432 g/mol. The van der Waals surface area contributed by atoms with Gasteiger partial charge in [-0.05, 0) is 36.4 Å². The smallest absolute Gasteiger partial charge is 0.261 e. The fourth-order valence-electron chi connectivity index (χ4n) is 2.42. The number of para-hydroxylation sites is 2. The lowest BCUT2D eigenvalue weighted by Gasteiger charge is -2.15. The number of rotatable bonds is 6. The maximum Gasteiger partial charge on any atom is 0.261 e. The highest BCUT2D eigenvalue weighted by Crippen LogP contribution is 2.26. The lowest BCUT2D eigenvalue weighted by molar-refractivity contribution is -0.117. The SMILES string of the molecule is COc1ccc(S(=O)(=O)Nc2ccccc2NC(=O)C2CSCN2)cc1.Cl.[HH]. The predicted octanol–water partition coefficient (Wildman–Crippen LogP) is 2.76. The molecule has 3 N–H and O–H groups in total. The van der Waals surface area contributed by atoms with Crippen LogP contribution < -0.4 is 20.1 Å². The Morgan fingerprint density at radius 1 is 1.19 bits per heavy atom. The lowest BCUT2D eigenvalue weighted by atomic mass is 10.2. The molecule has 0 aliphatic carbocycles. The summed E-state index contributed by atoms with van der Waals surface area (Å²) >= 11 is 1.64. The number of hydrogen-bond donors (Lipinski definition) is 3. The Bertz CT molecular complexity index is 892. The summed E-state index contributed by atoms with van der Waals surface area (Å²) in [5.41, 5.74) is 0.718. The van der Waals surface area contributed by atoms with Gasteiger partial charge in [-0.3, -0.25) is 14.8 Å². The summed E-state index contributed by atoms with van der Waals surface area (Å²) in [7, 11) is -2.28. The minimum Gasteiger partial charge on any atom is -0.497 e. The molecular weight excluding hydrogens is 410 g/mol. The normalized spacial score (nSPS) is 16.3. The predicted molar refractivity (Wildman–Crippen MR) is 112 cm³/mol. The molecule has 3 rings (SSSR count). The van der Waals surface area contributed by atoms with Gasteiger partial charge >= 0.3 is 0 Å². The van der Waals surface area contributed by atoms with Crippen molar-refractivity contribution in [3.05, 3.63) is 48.5 Å². The molecule has 1 aliphatic heterocycles. The van der Waals surface area contributed by atoms with E-state index in [1.807, 2.05) is 0 Å². The van der Waals surface area contributed by atoms with Crippen LogP contribution in [0.3, 0.4) is 0 Å². The number of carbonyl (C=O) groups excluding carboxylic acids is 1. The van der Waals surface area contributed by atoms with Crippen molar-refractivity contribution in [1.82, 2.24) is 5.32 Å². The fourth-order valence-corrected chi connectivity index (χ4v) is 4.44. The Kier molecular flexibility index (Phi) is 7.37. The van der Waals surface area contributed by atoms with Gasteiger partial charge in [-0.15, -0.1) is 24.2 Å². The average Bonchev–Trinajstić information content (AvgIpc) is 3.18. The van der Waals surface area contributed by atoms with Crippen LogP contribution in [0.4, 0.5) is 11.4 Å². The van der Waals surface area contributed by atoms with Crippen LogP contribution in [0.2, 0.25) is 0 Å². The van der Waals surface area contributed by atoms with Crippen molar-refractivity contribution in [2.24, 2.45) is 0 Å². The molecule has 1 atom stereocenters. The van der Waals surface area contributed by atoms with Gasteiger partial charge in [-0.25, -0.2) is 8.42 Å². The Morgan fingerprint density at radius 3 is 2.44 bits per heavy atom. The van der Waals surface area contributed by atoms with E-state index in [1.165, 1.54) is 19.2 Å². The number of ether oxygens (including phenoxy) is 1. The Labute approximate surface area is 170 Å². The molecule has 7 nitrogen and oxygen atoms in total. The van der Waals surface area contributed by atoms with Crippen LogP contribution in [0.25, 0.3) is 0 Å². The number of methoxy groups -OCH3 is 1. The Morgan fingerprint density at radius 2 is 1.85 bits per heavy atom. The van der Waals surface area contributed by atoms with Crippen LogP contribution in [-0.4, -0.2) is 39.1 Å². The van der Waals surface area contributed by atoms with E-state index < -0.39 is 10.0 Å². The molecule has 10 heteroatoms. The van der Waals surface area contributed by atoms with Gasteiger partial charge < -0.3 is 10.1 Å². The number of sulfonamides is 1. The van der Waals surface area contributed by atoms with Gasteiger partial charge in [0, 0.05) is 13.1 Å². The van der Waals surface area contributed by atoms with Crippen LogP contribution in [0.15, 0.2) is 53.4 Å². The van der Waals surface area contributed by atoms with Gasteiger partial charge in [0.2, 0.25) is 5.91 Å². The number of thioether (sulfide) groups is 1. The van der Waals surface area contributed by atoms with Crippen LogP contribution in [-0.2, 0) is 14.8 Å². The van der Waals surface area contributed by atoms with Crippen LogP contribution >= 0.6 is 24.2 Å². The molecule has 2 aromatic rings. The first-order valence-electron chi connectivity index (χ1n) is 7.87. The monoisotopic (exact) mass is 431 g/mol. The molecule has 2 aromatic carbocycles. The van der Waals surface area contributed by atoms with Gasteiger partial charge in [-0.2, -0.15) is 0 Å². The largest absolute Gasteiger partial charge is 0.497 e. The van der Waals surface area contributed by atoms with E-state index in [1.54, 1.807) is 48.2 Å². The second-order valence-corrected chi connectivity index (χ2v) is 8.30. The second-order valence-electron chi connectivity index (χ2n) is 5.59. The van der Waals surface area contributed by atoms with Crippen LogP contribution in [0.1, 0.15) is 1.43 Å². The van der Waals surface area contributed by atoms with Gasteiger partial charge in [0.1, 0.15) is 5.75 Å². The van der Waals surface area contributed by atoms with Crippen molar-refractivity contribution in [2.45, 2.75) is 10.9 Å². The van der Waals surface area contributed by atoms with Gasteiger partial charge in [0.05, 0.1) is 29.4 Å². The van der Waals surface area contributed by atoms with E-state index in [2.05, 4.69) is 15.4 Å². The third-order valence-electron chi connectivity index (χ3n) is 3.83. The summed E-state index contributed by atoms with van der Waals surface area (Å²) in [6, 6.07) is 12.5. The molecule has 0 radical (unpaired) electrons. The van der Waals surface area contributed by atoms with Crippen molar-refractivity contribution in [1.29, 1.82) is 0 Å². The maximum absolute atomic E-state index is 12.6. The highest BCUT2D eigenvalue weighted by molar-refractivity contribution is 7.99. The molecule has 1 saturated heterocycles. The maximum atomic E-state index is 12.6. The molecule has 1 fully saturated rings. The van der Waals surface area contributed by atoms with Crippen molar-refractivity contribution in [3.63, 3.8) is 0 Å². The summed E-state index contributed by atoms with van der Waals surface area (Å²) in [4.78, 5) is 12.4. The van der Waals surface area contributed by atoms with Gasteiger partial charge in [-0.1, -0.05) is 12.1 Å². The minimum atomic E-state index is -3.79. The number of amides is 1. The third kappa shape index (κ3) is 5.29. The first-order chi connectivity index (χ1) is 12.5. The summed E-state index contributed by atoms with van der Waals surface area (Å²) in [5, 5.41) is 5.86. The molecule has 1 unspecified atom stereocenters. The quantitative estimate of drug-likeness (QED) is 0.650. The van der Waals surface area contributed by atoms with Gasteiger partial charge in [0.25, 0.3) is 10.0 Å². The molecule has 1 heterocycles. The fraction of sp³-hybridized carbons (Fsp3) is 0.235.